The number of nitrogens with one attached hydrogen (secondary N) is 2. The zero-order chi connectivity index (χ0) is 16.1. The summed E-state index contributed by atoms with van der Waals surface area (Å²) in [4.78, 5) is 22.6. The van der Waals surface area contributed by atoms with Gasteiger partial charge < -0.3 is 10.4 Å². The van der Waals surface area contributed by atoms with Gasteiger partial charge in [-0.1, -0.05) is 30.7 Å². The lowest BCUT2D eigenvalue weighted by Crippen LogP contribution is -2.29. The molecule has 0 aliphatic carbocycles. The first kappa shape index (κ1) is 16.0. The molecule has 1 aromatic heterocycles. The van der Waals surface area contributed by atoms with Crippen LogP contribution < -0.4 is 5.32 Å². The number of carboxylic acid groups (broad SMARTS) is 1. The van der Waals surface area contributed by atoms with Crippen LogP contribution in [0.1, 0.15) is 23.8 Å². The molecule has 0 spiro atoms. The van der Waals surface area contributed by atoms with Crippen molar-refractivity contribution in [2.24, 2.45) is 5.92 Å². The summed E-state index contributed by atoms with van der Waals surface area (Å²) < 4.78 is 0. The van der Waals surface area contributed by atoms with Crippen molar-refractivity contribution in [1.29, 1.82) is 0 Å². The van der Waals surface area contributed by atoms with Crippen molar-refractivity contribution in [3.63, 3.8) is 0 Å². The fraction of sp³-hybridized carbons (Fsp3) is 0.267. The fourth-order valence-electron chi connectivity index (χ4n) is 1.94. The average molecular weight is 322 g/mol. The molecule has 1 amide bonds. The lowest BCUT2D eigenvalue weighted by atomic mass is 10.1. The van der Waals surface area contributed by atoms with Gasteiger partial charge in [0.05, 0.1) is 5.69 Å². The van der Waals surface area contributed by atoms with Gasteiger partial charge in [-0.05, 0) is 24.1 Å². The van der Waals surface area contributed by atoms with E-state index >= 15 is 0 Å². The third kappa shape index (κ3) is 4.33. The maximum Gasteiger partial charge on any atom is 0.303 e. The highest BCUT2D eigenvalue weighted by molar-refractivity contribution is 6.30. The lowest BCUT2D eigenvalue weighted by Gasteiger charge is -2.09. The molecule has 6 nitrogen and oxygen atoms in total. The second kappa shape index (κ2) is 7.09. The summed E-state index contributed by atoms with van der Waals surface area (Å²) in [7, 11) is 0. The average Bonchev–Trinajstić information content (AvgIpc) is 2.94. The molecule has 3 N–H and O–H groups in total. The fourth-order valence-corrected chi connectivity index (χ4v) is 2.06. The predicted molar refractivity (Wildman–Crippen MR) is 82.8 cm³/mol. The quantitative estimate of drug-likeness (QED) is 0.762. The highest BCUT2D eigenvalue weighted by Crippen LogP contribution is 2.20. The summed E-state index contributed by atoms with van der Waals surface area (Å²) in [6.45, 7) is 2.06. The SMILES string of the molecule is CC(CNC(=O)c1cc(-c2ccc(Cl)cc2)n[nH]1)CC(=O)O. The van der Waals surface area contributed by atoms with Crippen LogP contribution in [-0.2, 0) is 4.79 Å². The minimum atomic E-state index is -0.881. The zero-order valence-corrected chi connectivity index (χ0v) is 12.7. The van der Waals surface area contributed by atoms with Gasteiger partial charge in [0.1, 0.15) is 5.69 Å². The van der Waals surface area contributed by atoms with Crippen molar-refractivity contribution in [1.82, 2.24) is 15.5 Å². The number of H-pyrrole nitrogens is 1. The van der Waals surface area contributed by atoms with Gasteiger partial charge in [-0.3, -0.25) is 14.7 Å². The highest BCUT2D eigenvalue weighted by Gasteiger charge is 2.13. The Morgan fingerprint density at radius 2 is 2.05 bits per heavy atom. The van der Waals surface area contributed by atoms with Crippen molar-refractivity contribution in [3.8, 4) is 11.3 Å². The second-order valence-corrected chi connectivity index (χ2v) is 5.52. The maximum absolute atomic E-state index is 12.0. The van der Waals surface area contributed by atoms with E-state index in [1.165, 1.54) is 0 Å². The van der Waals surface area contributed by atoms with Crippen LogP contribution in [-0.4, -0.2) is 33.7 Å². The van der Waals surface area contributed by atoms with Gasteiger partial charge in [0.25, 0.3) is 5.91 Å². The Morgan fingerprint density at radius 1 is 1.36 bits per heavy atom. The van der Waals surface area contributed by atoms with Gasteiger partial charge in [-0.15, -0.1) is 0 Å². The highest BCUT2D eigenvalue weighted by atomic mass is 35.5. The molecule has 1 atom stereocenters. The van der Waals surface area contributed by atoms with Crippen LogP contribution in [0.4, 0.5) is 0 Å². The molecule has 22 heavy (non-hydrogen) atoms. The Morgan fingerprint density at radius 3 is 2.68 bits per heavy atom. The van der Waals surface area contributed by atoms with Crippen molar-refractivity contribution >= 4 is 23.5 Å². The summed E-state index contributed by atoms with van der Waals surface area (Å²) in [5, 5.41) is 18.8. The summed E-state index contributed by atoms with van der Waals surface area (Å²) >= 11 is 5.83. The van der Waals surface area contributed by atoms with E-state index in [0.717, 1.165) is 5.56 Å². The first-order valence-electron chi connectivity index (χ1n) is 6.77. The standard InChI is InChI=1S/C15H16ClN3O3/c1-9(6-14(20)21)8-17-15(22)13-7-12(18-19-13)10-2-4-11(16)5-3-10/h2-5,7,9H,6,8H2,1H3,(H,17,22)(H,18,19)(H,20,21). The molecular weight excluding hydrogens is 306 g/mol. The molecule has 116 valence electrons. The Bertz CT molecular complexity index is 667. The Labute approximate surface area is 132 Å². The van der Waals surface area contributed by atoms with Crippen LogP contribution in [0.15, 0.2) is 30.3 Å². The largest absolute Gasteiger partial charge is 0.481 e. The Hall–Kier alpha value is -2.34. The number of amides is 1. The lowest BCUT2D eigenvalue weighted by molar-refractivity contribution is -0.137. The van der Waals surface area contributed by atoms with E-state index in [1.54, 1.807) is 25.1 Å². The number of nitrogens with zero attached hydrogens (tertiary/aromatic N) is 1. The number of rotatable bonds is 6. The number of halogens is 1. The Kier molecular flexibility index (Phi) is 5.16. The number of carbonyl (C=O) groups excluding carboxylic acids is 1. The van der Waals surface area contributed by atoms with E-state index in [0.29, 0.717) is 23.0 Å². The summed E-state index contributed by atoms with van der Waals surface area (Å²) in [5.74, 6) is -1.33. The number of hydrogen-bond donors (Lipinski definition) is 3. The first-order valence-corrected chi connectivity index (χ1v) is 7.15. The molecule has 1 aromatic carbocycles. The number of aromatic amines is 1. The second-order valence-electron chi connectivity index (χ2n) is 5.09. The monoisotopic (exact) mass is 321 g/mol. The van der Waals surface area contributed by atoms with Gasteiger partial charge in [-0.2, -0.15) is 5.10 Å². The topological polar surface area (TPSA) is 95.1 Å². The summed E-state index contributed by atoms with van der Waals surface area (Å²) in [6, 6.07) is 8.77. The minimum absolute atomic E-state index is 0.0132. The number of aromatic nitrogens is 2. The minimum Gasteiger partial charge on any atom is -0.481 e. The van der Waals surface area contributed by atoms with Crippen LogP contribution in [0.25, 0.3) is 11.3 Å². The number of aliphatic carboxylic acids is 1. The van der Waals surface area contributed by atoms with Crippen LogP contribution >= 0.6 is 11.6 Å². The van der Waals surface area contributed by atoms with Crippen molar-refractivity contribution in [3.05, 3.63) is 41.0 Å². The van der Waals surface area contributed by atoms with Crippen molar-refractivity contribution in [2.45, 2.75) is 13.3 Å². The van der Waals surface area contributed by atoms with Crippen LogP contribution in [0.2, 0.25) is 5.02 Å². The number of carboxylic acids is 1. The predicted octanol–water partition coefficient (Wildman–Crippen LogP) is 2.57. The molecule has 0 radical (unpaired) electrons. The summed E-state index contributed by atoms with van der Waals surface area (Å²) in [5.41, 5.74) is 1.81. The van der Waals surface area contributed by atoms with Gasteiger partial charge in [-0.25, -0.2) is 0 Å². The van der Waals surface area contributed by atoms with Crippen molar-refractivity contribution in [2.75, 3.05) is 6.54 Å². The first-order chi connectivity index (χ1) is 10.5. The Balaban J connectivity index is 1.97. The molecule has 0 aliphatic heterocycles. The van der Waals surface area contributed by atoms with Gasteiger partial charge in [0, 0.05) is 23.6 Å². The van der Waals surface area contributed by atoms with E-state index in [-0.39, 0.29) is 18.2 Å². The zero-order valence-electron chi connectivity index (χ0n) is 12.0. The maximum atomic E-state index is 12.0. The molecule has 0 saturated carbocycles. The molecule has 0 aliphatic rings. The number of carbonyl (C=O) groups is 2. The van der Waals surface area contributed by atoms with Crippen LogP contribution in [0.5, 0.6) is 0 Å². The number of benzene rings is 1. The van der Waals surface area contributed by atoms with Gasteiger partial charge in [0.15, 0.2) is 0 Å². The molecule has 7 heteroatoms. The van der Waals surface area contributed by atoms with Crippen molar-refractivity contribution < 1.29 is 14.7 Å². The van der Waals surface area contributed by atoms with E-state index in [1.807, 2.05) is 12.1 Å². The molecule has 1 unspecified atom stereocenters. The van der Waals surface area contributed by atoms with E-state index < -0.39 is 5.97 Å². The van der Waals surface area contributed by atoms with E-state index in [4.69, 9.17) is 16.7 Å². The normalized spacial score (nSPS) is 11.9. The molecule has 2 aromatic rings. The molecule has 1 heterocycles. The van der Waals surface area contributed by atoms with Crippen LogP contribution in [0.3, 0.4) is 0 Å². The van der Waals surface area contributed by atoms with Crippen LogP contribution in [0, 0.1) is 5.92 Å². The molecule has 0 bridgehead atoms. The summed E-state index contributed by atoms with van der Waals surface area (Å²) in [6.07, 6.45) is 0.0132. The van der Waals surface area contributed by atoms with Gasteiger partial charge in [0.2, 0.25) is 0 Å². The molecular formula is C15H16ClN3O3. The molecule has 0 saturated heterocycles. The van der Waals surface area contributed by atoms with E-state index in [9.17, 15) is 9.59 Å². The van der Waals surface area contributed by atoms with Gasteiger partial charge >= 0.3 is 5.97 Å². The third-order valence-corrected chi connectivity index (χ3v) is 3.35. The number of hydrogen-bond acceptors (Lipinski definition) is 3. The smallest absolute Gasteiger partial charge is 0.303 e. The molecule has 0 fully saturated rings. The molecule has 2 rings (SSSR count). The van der Waals surface area contributed by atoms with E-state index in [2.05, 4.69) is 15.5 Å². The third-order valence-electron chi connectivity index (χ3n) is 3.10.